The molecule has 0 spiro atoms. The van der Waals surface area contributed by atoms with Gasteiger partial charge in [0.1, 0.15) is 6.73 Å². The van der Waals surface area contributed by atoms with Crippen LogP contribution in [0.4, 0.5) is 0 Å². The zero-order valence-electron chi connectivity index (χ0n) is 15.5. The monoisotopic (exact) mass is 356 g/mol. The van der Waals surface area contributed by atoms with Crippen LogP contribution in [0.1, 0.15) is 28.2 Å². The molecule has 0 saturated heterocycles. The summed E-state index contributed by atoms with van der Waals surface area (Å²) in [6.07, 6.45) is 0.557. The van der Waals surface area contributed by atoms with Crippen LogP contribution in [-0.4, -0.2) is 50.6 Å². The Hall–Kier alpha value is -1.67. The Morgan fingerprint density at radius 3 is 2.38 bits per heavy atom. The molecule has 0 bridgehead atoms. The maximum Gasteiger partial charge on any atom is 0.358 e. The minimum absolute atomic E-state index is 0.184. The molecule has 1 rings (SSSR count). The maximum absolute atomic E-state index is 11.9. The van der Waals surface area contributed by atoms with Gasteiger partial charge in [0.2, 0.25) is 0 Å². The smallest absolute Gasteiger partial charge is 0.358 e. The van der Waals surface area contributed by atoms with E-state index in [1.165, 1.54) is 14.2 Å². The van der Waals surface area contributed by atoms with E-state index in [-0.39, 0.29) is 24.8 Å². The average Bonchev–Trinajstić information content (AvgIpc) is 2.83. The van der Waals surface area contributed by atoms with Gasteiger partial charge in [0.05, 0.1) is 14.2 Å². The highest BCUT2D eigenvalue weighted by molar-refractivity contribution is 6.76. The van der Waals surface area contributed by atoms with Gasteiger partial charge < -0.3 is 14.2 Å². The van der Waals surface area contributed by atoms with Crippen LogP contribution in [0.5, 0.6) is 0 Å². The predicted molar refractivity (Wildman–Crippen MR) is 92.7 cm³/mol. The van der Waals surface area contributed by atoms with Gasteiger partial charge in [0.15, 0.2) is 5.69 Å². The molecule has 136 valence electrons. The highest BCUT2D eigenvalue weighted by Crippen LogP contribution is 2.18. The fraction of sp³-hybridized carbons (Fsp3) is 0.688. The fourth-order valence-corrected chi connectivity index (χ4v) is 2.88. The van der Waals surface area contributed by atoms with Crippen molar-refractivity contribution in [1.82, 2.24) is 9.78 Å². The summed E-state index contributed by atoms with van der Waals surface area (Å²) in [7, 11) is 1.50. The first-order valence-corrected chi connectivity index (χ1v) is 11.7. The van der Waals surface area contributed by atoms with Crippen molar-refractivity contribution < 1.29 is 23.8 Å². The Morgan fingerprint density at radius 1 is 1.17 bits per heavy atom. The largest absolute Gasteiger partial charge is 0.469 e. The third-order valence-corrected chi connectivity index (χ3v) is 5.43. The number of nitrogens with zero attached hydrogens (tertiary/aromatic N) is 2. The number of carbonyl (C=O) groups is 2. The first-order valence-electron chi connectivity index (χ1n) is 7.98. The number of hydrogen-bond donors (Lipinski definition) is 0. The van der Waals surface area contributed by atoms with E-state index in [9.17, 15) is 9.59 Å². The van der Waals surface area contributed by atoms with Crippen LogP contribution in [0.25, 0.3) is 0 Å². The van der Waals surface area contributed by atoms with Gasteiger partial charge in [-0.15, -0.1) is 0 Å². The number of methoxy groups -OCH3 is 2. The highest BCUT2D eigenvalue weighted by Gasteiger charge is 2.22. The summed E-state index contributed by atoms with van der Waals surface area (Å²) in [5, 5.41) is 4.29. The minimum atomic E-state index is -1.15. The van der Waals surface area contributed by atoms with Crippen molar-refractivity contribution in [3.8, 4) is 0 Å². The Bertz CT molecular complexity index is 578. The van der Waals surface area contributed by atoms with Crippen LogP contribution in [-0.2, 0) is 32.2 Å². The van der Waals surface area contributed by atoms with Gasteiger partial charge in [-0.3, -0.25) is 4.79 Å². The minimum Gasteiger partial charge on any atom is -0.469 e. The van der Waals surface area contributed by atoms with E-state index in [0.717, 1.165) is 11.7 Å². The van der Waals surface area contributed by atoms with Gasteiger partial charge in [-0.05, 0) is 19.4 Å². The molecule has 1 aromatic rings. The van der Waals surface area contributed by atoms with E-state index >= 15 is 0 Å². The standard InChI is InChI=1S/C16H28N2O5Si/c1-12-13(7-8-14(19)21-2)15(16(20)22-3)17-18(12)11-23-9-10-24(4,5)6/h7-11H2,1-6H3. The Balaban J connectivity index is 2.83. The first-order chi connectivity index (χ1) is 11.2. The molecule has 0 unspecified atom stereocenters. The second-order valence-corrected chi connectivity index (χ2v) is 12.4. The van der Waals surface area contributed by atoms with E-state index < -0.39 is 14.0 Å². The quantitative estimate of drug-likeness (QED) is 0.384. The summed E-state index contributed by atoms with van der Waals surface area (Å²) < 4.78 is 16.8. The Kier molecular flexibility index (Phi) is 7.62. The van der Waals surface area contributed by atoms with E-state index in [4.69, 9.17) is 9.47 Å². The SMILES string of the molecule is COC(=O)CCc1c(C(=O)OC)nn(COCC[Si](C)(C)C)c1C. The lowest BCUT2D eigenvalue weighted by Gasteiger charge is -2.15. The molecule has 0 aromatic carbocycles. The summed E-state index contributed by atoms with van der Waals surface area (Å²) >= 11 is 0. The molecule has 0 fully saturated rings. The van der Waals surface area contributed by atoms with Crippen LogP contribution >= 0.6 is 0 Å². The summed E-state index contributed by atoms with van der Waals surface area (Å²) in [6, 6.07) is 1.06. The van der Waals surface area contributed by atoms with Gasteiger partial charge in [-0.25, -0.2) is 9.48 Å². The molecule has 24 heavy (non-hydrogen) atoms. The predicted octanol–water partition coefficient (Wildman–Crippen LogP) is 2.40. The van der Waals surface area contributed by atoms with Crippen molar-refractivity contribution in [2.24, 2.45) is 0 Å². The third-order valence-electron chi connectivity index (χ3n) is 3.73. The number of hydrogen-bond acceptors (Lipinski definition) is 6. The van der Waals surface area contributed by atoms with Gasteiger partial charge >= 0.3 is 11.9 Å². The van der Waals surface area contributed by atoms with Crippen LogP contribution in [0.2, 0.25) is 25.7 Å². The van der Waals surface area contributed by atoms with Gasteiger partial charge in [-0.1, -0.05) is 19.6 Å². The molecule has 0 amide bonds. The lowest BCUT2D eigenvalue weighted by molar-refractivity contribution is -0.140. The summed E-state index contributed by atoms with van der Waals surface area (Å²) in [5.74, 6) is -0.844. The number of esters is 2. The third kappa shape index (κ3) is 6.08. The van der Waals surface area contributed by atoms with Crippen LogP contribution in [0.15, 0.2) is 0 Å². The molecule has 7 nitrogen and oxygen atoms in total. The lowest BCUT2D eigenvalue weighted by atomic mass is 10.1. The lowest BCUT2D eigenvalue weighted by Crippen LogP contribution is -2.22. The van der Waals surface area contributed by atoms with E-state index in [1.807, 2.05) is 6.92 Å². The van der Waals surface area contributed by atoms with Gasteiger partial charge in [0.25, 0.3) is 0 Å². The average molecular weight is 356 g/mol. The summed E-state index contributed by atoms with van der Waals surface area (Å²) in [5.41, 5.74) is 1.72. The van der Waals surface area contributed by atoms with Crippen molar-refractivity contribution >= 4 is 20.0 Å². The normalized spacial score (nSPS) is 11.4. The zero-order valence-corrected chi connectivity index (χ0v) is 16.5. The second kappa shape index (κ2) is 8.98. The molecule has 1 aromatic heterocycles. The molecule has 0 N–H and O–H groups in total. The van der Waals surface area contributed by atoms with Crippen LogP contribution < -0.4 is 0 Å². The summed E-state index contributed by atoms with van der Waals surface area (Å²) in [6.45, 7) is 9.66. The number of ether oxygens (including phenoxy) is 3. The first kappa shape index (κ1) is 20.4. The van der Waals surface area contributed by atoms with Crippen molar-refractivity contribution in [2.75, 3.05) is 20.8 Å². The van der Waals surface area contributed by atoms with Gasteiger partial charge in [-0.2, -0.15) is 5.10 Å². The van der Waals surface area contributed by atoms with Crippen molar-refractivity contribution in [3.63, 3.8) is 0 Å². The molecule has 0 radical (unpaired) electrons. The van der Waals surface area contributed by atoms with Crippen LogP contribution in [0, 0.1) is 6.92 Å². The van der Waals surface area contributed by atoms with Gasteiger partial charge in [0, 0.05) is 32.4 Å². The maximum atomic E-state index is 11.9. The van der Waals surface area contributed by atoms with E-state index in [0.29, 0.717) is 18.6 Å². The van der Waals surface area contributed by atoms with Crippen LogP contribution in [0.3, 0.4) is 0 Å². The Morgan fingerprint density at radius 2 is 1.83 bits per heavy atom. The molecule has 0 aliphatic rings. The molecular formula is C16H28N2O5Si. The zero-order chi connectivity index (χ0) is 18.3. The van der Waals surface area contributed by atoms with Crippen molar-refractivity contribution in [2.45, 2.75) is 52.2 Å². The van der Waals surface area contributed by atoms with Crippen molar-refractivity contribution in [1.29, 1.82) is 0 Å². The molecule has 0 aliphatic carbocycles. The number of carbonyl (C=O) groups excluding carboxylic acids is 2. The summed E-state index contributed by atoms with van der Waals surface area (Å²) in [4.78, 5) is 23.3. The molecule has 8 heteroatoms. The Labute approximate surface area is 144 Å². The highest BCUT2D eigenvalue weighted by atomic mass is 28.3. The second-order valence-electron chi connectivity index (χ2n) is 6.83. The molecule has 0 aliphatic heterocycles. The van der Waals surface area contributed by atoms with Crippen molar-refractivity contribution in [3.05, 3.63) is 17.0 Å². The number of rotatable bonds is 9. The molecule has 0 saturated carbocycles. The topological polar surface area (TPSA) is 79.7 Å². The molecule has 0 atom stereocenters. The van der Waals surface area contributed by atoms with E-state index in [2.05, 4.69) is 29.5 Å². The van der Waals surface area contributed by atoms with E-state index in [1.54, 1.807) is 4.68 Å². The molecular weight excluding hydrogens is 328 g/mol. The number of aromatic nitrogens is 2. The fourth-order valence-electron chi connectivity index (χ4n) is 2.13. The molecule has 1 heterocycles.